The van der Waals surface area contributed by atoms with Gasteiger partial charge in [0.05, 0.1) is 27.7 Å². The summed E-state index contributed by atoms with van der Waals surface area (Å²) in [6.07, 6.45) is 47.4. The van der Waals surface area contributed by atoms with Crippen LogP contribution in [0.4, 0.5) is 0 Å². The summed E-state index contributed by atoms with van der Waals surface area (Å²) in [5.41, 5.74) is 0. The van der Waals surface area contributed by atoms with Crippen molar-refractivity contribution in [3.8, 4) is 0 Å². The molecule has 2 atom stereocenters. The summed E-state index contributed by atoms with van der Waals surface area (Å²) in [5.74, 6) is -1.12. The lowest BCUT2D eigenvalue weighted by Gasteiger charge is -2.24. The first kappa shape index (κ1) is 53.5. The molecule has 0 saturated carbocycles. The molecule has 322 valence electrons. The zero-order valence-electron chi connectivity index (χ0n) is 36.1. The largest absolute Gasteiger partial charge is 0.472 e. The molecule has 0 saturated heterocycles. The normalized spacial score (nSPS) is 14.3. The minimum absolute atomic E-state index is 0.00258. The maximum atomic E-state index is 12.5. The van der Waals surface area contributed by atoms with Gasteiger partial charge in [-0.25, -0.2) is 9.36 Å². The third-order valence-electron chi connectivity index (χ3n) is 8.98. The summed E-state index contributed by atoms with van der Waals surface area (Å²) in [7, 11) is 1.38. The average molecular weight is 807 g/mol. The van der Waals surface area contributed by atoms with E-state index in [1.165, 1.54) is 121 Å². The van der Waals surface area contributed by atoms with Crippen LogP contribution in [0.15, 0.2) is 72.9 Å². The van der Waals surface area contributed by atoms with E-state index in [9.17, 15) is 19.0 Å². The second-order valence-corrected chi connectivity index (χ2v) is 17.0. The lowest BCUT2D eigenvalue weighted by Crippen LogP contribution is -2.37. The fraction of sp³-hybridized carbons (Fsp3) is 0.696. The molecule has 56 heavy (non-hydrogen) atoms. The topological polar surface area (TPSA) is 108 Å². The van der Waals surface area contributed by atoms with Gasteiger partial charge < -0.3 is 18.9 Å². The molecule has 0 aromatic carbocycles. The molecule has 10 heteroatoms. The van der Waals surface area contributed by atoms with Gasteiger partial charge in [-0.15, -0.1) is 0 Å². The Morgan fingerprint density at radius 1 is 0.589 bits per heavy atom. The van der Waals surface area contributed by atoms with Crippen molar-refractivity contribution in [3.05, 3.63) is 72.9 Å². The van der Waals surface area contributed by atoms with E-state index in [0.717, 1.165) is 25.7 Å². The van der Waals surface area contributed by atoms with E-state index < -0.39 is 32.5 Å². The number of likely N-dealkylation sites (N-methyl/N-ethyl adjacent to an activating group) is 1. The maximum absolute atomic E-state index is 12.5. The molecule has 0 amide bonds. The summed E-state index contributed by atoms with van der Waals surface area (Å²) < 4.78 is 34.0. The lowest BCUT2D eigenvalue weighted by molar-refractivity contribution is -0.870. The van der Waals surface area contributed by atoms with Gasteiger partial charge in [0.2, 0.25) is 0 Å². The van der Waals surface area contributed by atoms with Gasteiger partial charge in [-0.3, -0.25) is 13.8 Å². The summed E-state index contributed by atoms with van der Waals surface area (Å²) in [6.45, 7) is 4.21. The number of rotatable bonds is 38. The summed E-state index contributed by atoms with van der Waals surface area (Å²) in [5, 5.41) is 0. The number of nitrogens with zero attached hydrogens (tertiary/aromatic N) is 1. The number of esters is 2. The number of carbonyl (C=O) groups excluding carboxylic acids is 2. The van der Waals surface area contributed by atoms with Crippen LogP contribution in [0.5, 0.6) is 0 Å². The van der Waals surface area contributed by atoms with Crippen molar-refractivity contribution in [2.75, 3.05) is 47.5 Å². The summed E-state index contributed by atoms with van der Waals surface area (Å²) in [6, 6.07) is 0. The highest BCUT2D eigenvalue weighted by atomic mass is 31.2. The standard InChI is InChI=1S/C46H80NO8P/c1-6-8-10-12-14-16-18-20-21-22-23-24-25-27-29-31-33-35-37-39-46(49)55-44(43-54-56(50,51)53-41-40-47(3,4)5)42-52-45(48)38-36-34-32-30-28-26-19-17-15-13-11-9-7-2/h21-25,27,29,31,33,35,37,39,44H,6-20,26,28,30,32,34,36,38,40-43H2,1-5H3/p+1. The number of allylic oxidation sites excluding steroid dienone is 11. The number of phosphoric ester groups is 1. The Labute approximate surface area is 342 Å². The highest BCUT2D eigenvalue weighted by Gasteiger charge is 2.26. The van der Waals surface area contributed by atoms with Crippen LogP contribution >= 0.6 is 7.82 Å². The molecule has 0 spiro atoms. The van der Waals surface area contributed by atoms with E-state index >= 15 is 0 Å². The molecular weight excluding hydrogens is 725 g/mol. The Kier molecular flexibility index (Phi) is 36.3. The average Bonchev–Trinajstić information content (AvgIpc) is 3.15. The highest BCUT2D eigenvalue weighted by molar-refractivity contribution is 7.47. The Bertz CT molecular complexity index is 1180. The Morgan fingerprint density at radius 3 is 1.54 bits per heavy atom. The van der Waals surface area contributed by atoms with Crippen molar-refractivity contribution in [2.45, 2.75) is 161 Å². The Morgan fingerprint density at radius 2 is 1.04 bits per heavy atom. The minimum atomic E-state index is -4.42. The van der Waals surface area contributed by atoms with Crippen molar-refractivity contribution in [1.82, 2.24) is 0 Å². The molecule has 1 N–H and O–H groups in total. The molecule has 0 aromatic rings. The SMILES string of the molecule is CCCCCCCCCC=CC=CC=CC=CC=CC=CC(=O)OC(COC(=O)CCCCCCCCCCCCCCC)COP(=O)(O)OCC[N+](C)(C)C. The Balaban J connectivity index is 4.64. The van der Waals surface area contributed by atoms with E-state index in [1.807, 2.05) is 57.6 Å². The smallest absolute Gasteiger partial charge is 0.462 e. The molecule has 0 bridgehead atoms. The van der Waals surface area contributed by atoms with Crippen LogP contribution < -0.4 is 0 Å². The van der Waals surface area contributed by atoms with Crippen LogP contribution in [-0.4, -0.2) is 74.9 Å². The molecule has 0 aromatic heterocycles. The van der Waals surface area contributed by atoms with Gasteiger partial charge in [0.1, 0.15) is 19.8 Å². The van der Waals surface area contributed by atoms with Gasteiger partial charge in [0.25, 0.3) is 0 Å². The summed E-state index contributed by atoms with van der Waals surface area (Å²) in [4.78, 5) is 35.2. The third kappa shape index (κ3) is 41.1. The first-order valence-electron chi connectivity index (χ1n) is 21.8. The van der Waals surface area contributed by atoms with Crippen molar-refractivity contribution in [3.63, 3.8) is 0 Å². The zero-order valence-corrected chi connectivity index (χ0v) is 37.0. The molecule has 0 rings (SSSR count). The van der Waals surface area contributed by atoms with Crippen LogP contribution in [0.2, 0.25) is 0 Å². The molecule has 0 aliphatic rings. The molecule has 9 nitrogen and oxygen atoms in total. The van der Waals surface area contributed by atoms with Gasteiger partial charge in [-0.1, -0.05) is 196 Å². The van der Waals surface area contributed by atoms with E-state index in [0.29, 0.717) is 11.0 Å². The predicted octanol–water partition coefficient (Wildman–Crippen LogP) is 12.2. The minimum Gasteiger partial charge on any atom is -0.462 e. The second kappa shape index (κ2) is 38.0. The van der Waals surface area contributed by atoms with Crippen molar-refractivity contribution in [2.24, 2.45) is 0 Å². The molecular formula is C46H81NO8P+. The van der Waals surface area contributed by atoms with Gasteiger partial charge in [0.15, 0.2) is 6.10 Å². The quantitative estimate of drug-likeness (QED) is 0.0164. The van der Waals surface area contributed by atoms with Gasteiger partial charge >= 0.3 is 19.8 Å². The van der Waals surface area contributed by atoms with E-state index in [4.69, 9.17) is 18.5 Å². The number of quaternary nitrogens is 1. The monoisotopic (exact) mass is 807 g/mol. The van der Waals surface area contributed by atoms with Gasteiger partial charge in [-0.05, 0) is 19.3 Å². The van der Waals surface area contributed by atoms with E-state index in [1.54, 1.807) is 12.2 Å². The lowest BCUT2D eigenvalue weighted by atomic mass is 10.0. The Hall–Kier alpha value is -2.55. The predicted molar refractivity (Wildman–Crippen MR) is 233 cm³/mol. The van der Waals surface area contributed by atoms with E-state index in [2.05, 4.69) is 26.0 Å². The highest BCUT2D eigenvalue weighted by Crippen LogP contribution is 2.43. The summed E-state index contributed by atoms with van der Waals surface area (Å²) >= 11 is 0. The number of phosphoric acid groups is 1. The molecule has 0 fully saturated rings. The van der Waals surface area contributed by atoms with Crippen LogP contribution in [-0.2, 0) is 32.7 Å². The number of hydrogen-bond acceptors (Lipinski definition) is 7. The third-order valence-corrected chi connectivity index (χ3v) is 9.96. The van der Waals surface area contributed by atoms with Crippen LogP contribution in [0.3, 0.4) is 0 Å². The van der Waals surface area contributed by atoms with Crippen molar-refractivity contribution >= 4 is 19.8 Å². The van der Waals surface area contributed by atoms with Gasteiger partial charge in [0, 0.05) is 12.5 Å². The molecule has 0 aliphatic heterocycles. The number of unbranched alkanes of at least 4 members (excludes halogenated alkanes) is 19. The van der Waals surface area contributed by atoms with Crippen LogP contribution in [0.1, 0.15) is 155 Å². The number of carbonyl (C=O) groups is 2. The molecule has 2 unspecified atom stereocenters. The fourth-order valence-corrected chi connectivity index (χ4v) is 6.29. The van der Waals surface area contributed by atoms with Crippen LogP contribution in [0.25, 0.3) is 0 Å². The first-order chi connectivity index (χ1) is 27.0. The number of hydrogen-bond donors (Lipinski definition) is 1. The van der Waals surface area contributed by atoms with Crippen molar-refractivity contribution in [1.29, 1.82) is 0 Å². The van der Waals surface area contributed by atoms with Crippen molar-refractivity contribution < 1.29 is 42.1 Å². The second-order valence-electron chi connectivity index (χ2n) is 15.6. The van der Waals surface area contributed by atoms with Crippen LogP contribution in [0, 0.1) is 0 Å². The molecule has 0 heterocycles. The first-order valence-corrected chi connectivity index (χ1v) is 23.3. The van der Waals surface area contributed by atoms with Gasteiger partial charge in [-0.2, -0.15) is 0 Å². The number of ether oxygens (including phenoxy) is 2. The molecule has 0 aliphatic carbocycles. The van der Waals surface area contributed by atoms with E-state index in [-0.39, 0.29) is 19.6 Å². The molecule has 0 radical (unpaired) electrons. The maximum Gasteiger partial charge on any atom is 0.472 e. The zero-order chi connectivity index (χ0) is 41.4. The fourth-order valence-electron chi connectivity index (χ4n) is 5.55.